The Bertz CT molecular complexity index is 462. The van der Waals surface area contributed by atoms with Gasteiger partial charge in [0.1, 0.15) is 0 Å². The number of nitrogens with zero attached hydrogens (tertiary/aromatic N) is 2. The first-order chi connectivity index (χ1) is 9.93. The van der Waals surface area contributed by atoms with Gasteiger partial charge in [-0.1, -0.05) is 0 Å². The average Bonchev–Trinajstić information content (AvgIpc) is 3.17. The van der Waals surface area contributed by atoms with Gasteiger partial charge in [0.2, 0.25) is 15.9 Å². The number of nitrogens with one attached hydrogen (secondary N) is 1. The van der Waals surface area contributed by atoms with Crippen LogP contribution >= 0.6 is 0 Å². The molecular weight excluding hydrogens is 290 g/mol. The normalized spacial score (nSPS) is 23.4. The zero-order valence-electron chi connectivity index (χ0n) is 13.0. The predicted octanol–water partition coefficient (Wildman–Crippen LogP) is 0.401. The molecule has 1 aliphatic heterocycles. The molecule has 2 rings (SSSR count). The molecule has 0 aromatic carbocycles. The molecule has 7 heteroatoms. The van der Waals surface area contributed by atoms with Crippen LogP contribution in [0.1, 0.15) is 39.0 Å². The Balaban J connectivity index is 1.81. The molecule has 1 aliphatic carbocycles. The summed E-state index contributed by atoms with van der Waals surface area (Å²) in [7, 11) is -1.66. The number of likely N-dealkylation sites (tertiary alicyclic amines) is 1. The number of rotatable bonds is 8. The summed E-state index contributed by atoms with van der Waals surface area (Å²) in [4.78, 5) is 16.1. The maximum absolute atomic E-state index is 11.7. The van der Waals surface area contributed by atoms with Crippen LogP contribution in [-0.2, 0) is 14.8 Å². The lowest BCUT2D eigenvalue weighted by atomic mass is 10.2. The largest absolute Gasteiger partial charge is 0.338 e. The molecule has 0 bridgehead atoms. The number of carbonyl (C=O) groups is 1. The molecule has 0 aromatic rings. The minimum Gasteiger partial charge on any atom is -0.338 e. The van der Waals surface area contributed by atoms with E-state index in [-0.39, 0.29) is 11.7 Å². The highest BCUT2D eigenvalue weighted by atomic mass is 32.2. The van der Waals surface area contributed by atoms with Crippen LogP contribution in [-0.4, -0.2) is 68.6 Å². The topological polar surface area (TPSA) is 69.7 Å². The van der Waals surface area contributed by atoms with Gasteiger partial charge in [-0.3, -0.25) is 9.69 Å². The van der Waals surface area contributed by atoms with Crippen molar-refractivity contribution in [1.82, 2.24) is 14.5 Å². The van der Waals surface area contributed by atoms with Crippen molar-refractivity contribution >= 4 is 15.9 Å². The van der Waals surface area contributed by atoms with Crippen molar-refractivity contribution in [1.29, 1.82) is 0 Å². The first-order valence-corrected chi connectivity index (χ1v) is 9.50. The molecule has 21 heavy (non-hydrogen) atoms. The lowest BCUT2D eigenvalue weighted by molar-refractivity contribution is -0.130. The standard InChI is InChI=1S/C14H27N3O3S/c1-12(18)17(13-6-7-13)11-14-5-3-8-16(14)9-4-10-21(19,20)15-2/h13-15H,3-11H2,1-2H3/t14-/m1/s1. The molecular formula is C14H27N3O3S. The van der Waals surface area contributed by atoms with E-state index in [1.807, 2.05) is 4.90 Å². The van der Waals surface area contributed by atoms with E-state index in [9.17, 15) is 13.2 Å². The number of amides is 1. The lowest BCUT2D eigenvalue weighted by Gasteiger charge is -2.30. The molecule has 0 unspecified atom stereocenters. The smallest absolute Gasteiger partial charge is 0.219 e. The summed E-state index contributed by atoms with van der Waals surface area (Å²) >= 11 is 0. The maximum atomic E-state index is 11.7. The molecule has 1 saturated carbocycles. The summed E-state index contributed by atoms with van der Waals surface area (Å²) in [5.74, 6) is 0.341. The number of hydrogen-bond donors (Lipinski definition) is 1. The van der Waals surface area contributed by atoms with Crippen LogP contribution in [0.3, 0.4) is 0 Å². The van der Waals surface area contributed by atoms with Gasteiger partial charge in [0, 0.05) is 25.6 Å². The third kappa shape index (κ3) is 4.93. The van der Waals surface area contributed by atoms with Gasteiger partial charge in [0.25, 0.3) is 0 Å². The first kappa shape index (κ1) is 16.7. The Morgan fingerprint density at radius 3 is 2.62 bits per heavy atom. The fraction of sp³-hybridized carbons (Fsp3) is 0.929. The van der Waals surface area contributed by atoms with E-state index in [4.69, 9.17) is 0 Å². The Kier molecular flexibility index (Phi) is 5.62. The van der Waals surface area contributed by atoms with Crippen LogP contribution in [0.5, 0.6) is 0 Å². The highest BCUT2D eigenvalue weighted by Crippen LogP contribution is 2.29. The van der Waals surface area contributed by atoms with Crippen LogP contribution in [0.25, 0.3) is 0 Å². The molecule has 2 fully saturated rings. The van der Waals surface area contributed by atoms with Gasteiger partial charge in [0.15, 0.2) is 0 Å². The molecule has 1 saturated heterocycles. The van der Waals surface area contributed by atoms with E-state index in [1.165, 1.54) is 7.05 Å². The summed E-state index contributed by atoms with van der Waals surface area (Å²) in [5, 5.41) is 0. The van der Waals surface area contributed by atoms with Crippen LogP contribution in [0, 0.1) is 0 Å². The third-order valence-electron chi connectivity index (χ3n) is 4.47. The zero-order valence-corrected chi connectivity index (χ0v) is 13.9. The summed E-state index contributed by atoms with van der Waals surface area (Å²) in [6, 6.07) is 0.849. The van der Waals surface area contributed by atoms with E-state index >= 15 is 0 Å². The van der Waals surface area contributed by atoms with Gasteiger partial charge in [-0.05, 0) is 52.2 Å². The quantitative estimate of drug-likeness (QED) is 0.703. The monoisotopic (exact) mass is 317 g/mol. The second-order valence-electron chi connectivity index (χ2n) is 6.11. The highest BCUT2D eigenvalue weighted by Gasteiger charge is 2.34. The summed E-state index contributed by atoms with van der Waals surface area (Å²) in [5.41, 5.74) is 0. The molecule has 6 nitrogen and oxygen atoms in total. The van der Waals surface area contributed by atoms with Crippen LogP contribution in [0.4, 0.5) is 0 Å². The Labute approximate surface area is 127 Å². The van der Waals surface area contributed by atoms with Gasteiger partial charge in [-0.2, -0.15) is 0 Å². The molecule has 1 heterocycles. The van der Waals surface area contributed by atoms with Gasteiger partial charge >= 0.3 is 0 Å². The molecule has 1 amide bonds. The highest BCUT2D eigenvalue weighted by molar-refractivity contribution is 7.89. The number of carbonyl (C=O) groups excluding carboxylic acids is 1. The van der Waals surface area contributed by atoms with Crippen molar-refractivity contribution in [2.75, 3.05) is 32.4 Å². The summed E-state index contributed by atoms with van der Waals surface area (Å²) in [6.45, 7) is 4.26. The average molecular weight is 317 g/mol. The van der Waals surface area contributed by atoms with Crippen molar-refractivity contribution in [3.05, 3.63) is 0 Å². The van der Waals surface area contributed by atoms with Gasteiger partial charge in [-0.15, -0.1) is 0 Å². The fourth-order valence-electron chi connectivity index (χ4n) is 3.10. The minimum absolute atomic E-state index is 0.169. The molecule has 0 aromatic heterocycles. The molecule has 0 radical (unpaired) electrons. The Morgan fingerprint density at radius 1 is 1.33 bits per heavy atom. The summed E-state index contributed by atoms with van der Waals surface area (Å²) in [6.07, 6.45) is 5.15. The first-order valence-electron chi connectivity index (χ1n) is 7.85. The molecule has 0 spiro atoms. The molecule has 1 N–H and O–H groups in total. The fourth-order valence-corrected chi connectivity index (χ4v) is 3.82. The summed E-state index contributed by atoms with van der Waals surface area (Å²) < 4.78 is 25.2. The SMILES string of the molecule is CNS(=O)(=O)CCCN1CCC[C@@H]1CN(C(C)=O)C1CC1. The van der Waals surface area contributed by atoms with Crippen molar-refractivity contribution in [2.24, 2.45) is 0 Å². The molecule has 1 atom stereocenters. The van der Waals surface area contributed by atoms with Gasteiger partial charge in [0.05, 0.1) is 5.75 Å². The van der Waals surface area contributed by atoms with Gasteiger partial charge < -0.3 is 4.90 Å². The van der Waals surface area contributed by atoms with Crippen LogP contribution in [0.2, 0.25) is 0 Å². The Hall–Kier alpha value is -0.660. The van der Waals surface area contributed by atoms with Crippen molar-refractivity contribution in [2.45, 2.75) is 51.1 Å². The van der Waals surface area contributed by atoms with Crippen LogP contribution < -0.4 is 4.72 Å². The molecule has 2 aliphatic rings. The van der Waals surface area contributed by atoms with Crippen molar-refractivity contribution < 1.29 is 13.2 Å². The second kappa shape index (κ2) is 7.07. The van der Waals surface area contributed by atoms with Gasteiger partial charge in [-0.25, -0.2) is 13.1 Å². The Morgan fingerprint density at radius 2 is 2.05 bits per heavy atom. The van der Waals surface area contributed by atoms with Crippen molar-refractivity contribution in [3.8, 4) is 0 Å². The van der Waals surface area contributed by atoms with E-state index in [2.05, 4.69) is 9.62 Å². The van der Waals surface area contributed by atoms with E-state index < -0.39 is 10.0 Å². The van der Waals surface area contributed by atoms with E-state index in [0.717, 1.165) is 45.3 Å². The zero-order chi connectivity index (χ0) is 15.5. The van der Waals surface area contributed by atoms with Crippen molar-refractivity contribution in [3.63, 3.8) is 0 Å². The molecule has 122 valence electrons. The second-order valence-corrected chi connectivity index (χ2v) is 8.16. The number of hydrogen-bond acceptors (Lipinski definition) is 4. The maximum Gasteiger partial charge on any atom is 0.219 e. The van der Waals surface area contributed by atoms with E-state index in [0.29, 0.717) is 18.5 Å². The minimum atomic E-state index is -3.11. The third-order valence-corrected chi connectivity index (χ3v) is 5.92. The predicted molar refractivity (Wildman–Crippen MR) is 82.5 cm³/mol. The van der Waals surface area contributed by atoms with Crippen LogP contribution in [0.15, 0.2) is 0 Å². The number of sulfonamides is 1. The lowest BCUT2D eigenvalue weighted by Crippen LogP contribution is -2.44. The van der Waals surface area contributed by atoms with E-state index in [1.54, 1.807) is 6.92 Å².